The van der Waals surface area contributed by atoms with Gasteiger partial charge in [0.2, 0.25) is 5.96 Å². The summed E-state index contributed by atoms with van der Waals surface area (Å²) >= 11 is 0. The first-order valence-electron chi connectivity index (χ1n) is 4.59. The minimum absolute atomic E-state index is 0.268. The van der Waals surface area contributed by atoms with Crippen molar-refractivity contribution in [3.05, 3.63) is 35.9 Å². The van der Waals surface area contributed by atoms with Gasteiger partial charge in [0, 0.05) is 18.2 Å². The van der Waals surface area contributed by atoms with Crippen molar-refractivity contribution in [1.29, 1.82) is 5.41 Å². The number of nitrogens with zero attached hydrogens (tertiary/aromatic N) is 2. The first-order chi connectivity index (χ1) is 7.14. The number of rotatable bonds is 1. The van der Waals surface area contributed by atoms with Gasteiger partial charge in [-0.05, 0) is 0 Å². The quantitative estimate of drug-likeness (QED) is 0.457. The summed E-state index contributed by atoms with van der Waals surface area (Å²) in [5.41, 5.74) is 4.71. The highest BCUT2D eigenvalue weighted by atomic mass is 16.3. The molecule has 1 aromatic rings. The molecule has 1 aliphatic heterocycles. The monoisotopic (exact) mass is 204 g/mol. The zero-order valence-corrected chi connectivity index (χ0v) is 8.09. The first-order valence-corrected chi connectivity index (χ1v) is 4.59. The van der Waals surface area contributed by atoms with E-state index in [1.54, 1.807) is 18.3 Å². The van der Waals surface area contributed by atoms with E-state index in [1.807, 2.05) is 18.2 Å². The molecule has 5 heteroatoms. The Balaban J connectivity index is 2.39. The standard InChI is InChI=1S/C10H12N4O/c11-9(12)14-10(15,6-7-13-14)8-4-2-1-3-5-8/h1-5,7,15H,6H2,(H3,11,12)/t10-/m1/s1. The van der Waals surface area contributed by atoms with Crippen LogP contribution in [0.2, 0.25) is 0 Å². The number of hydrogen-bond acceptors (Lipinski definition) is 3. The average molecular weight is 204 g/mol. The molecule has 0 aliphatic carbocycles. The van der Waals surface area contributed by atoms with Crippen LogP contribution in [-0.4, -0.2) is 22.3 Å². The van der Waals surface area contributed by atoms with Crippen molar-refractivity contribution in [2.24, 2.45) is 10.8 Å². The third-order valence-corrected chi connectivity index (χ3v) is 2.39. The zero-order valence-electron chi connectivity index (χ0n) is 8.09. The third-order valence-electron chi connectivity index (χ3n) is 2.39. The summed E-state index contributed by atoms with van der Waals surface area (Å²) in [5.74, 6) is -0.268. The summed E-state index contributed by atoms with van der Waals surface area (Å²) < 4.78 is 0. The Hall–Kier alpha value is -1.88. The molecule has 1 aliphatic rings. The van der Waals surface area contributed by atoms with Crippen molar-refractivity contribution in [3.8, 4) is 0 Å². The van der Waals surface area contributed by atoms with Gasteiger partial charge in [0.25, 0.3) is 0 Å². The fourth-order valence-corrected chi connectivity index (χ4v) is 1.64. The van der Waals surface area contributed by atoms with Crippen LogP contribution in [0.5, 0.6) is 0 Å². The van der Waals surface area contributed by atoms with Gasteiger partial charge in [-0.1, -0.05) is 30.3 Å². The molecule has 0 amide bonds. The van der Waals surface area contributed by atoms with Crippen LogP contribution >= 0.6 is 0 Å². The van der Waals surface area contributed by atoms with E-state index in [4.69, 9.17) is 11.1 Å². The minimum atomic E-state index is -1.31. The molecule has 5 nitrogen and oxygen atoms in total. The van der Waals surface area contributed by atoms with Crippen LogP contribution in [0.1, 0.15) is 12.0 Å². The molecule has 0 radical (unpaired) electrons. The molecule has 15 heavy (non-hydrogen) atoms. The fraction of sp³-hybridized carbons (Fsp3) is 0.200. The van der Waals surface area contributed by atoms with E-state index in [2.05, 4.69) is 5.10 Å². The molecule has 0 fully saturated rings. The van der Waals surface area contributed by atoms with E-state index >= 15 is 0 Å². The highest BCUT2D eigenvalue weighted by Crippen LogP contribution is 2.31. The second-order valence-corrected chi connectivity index (χ2v) is 3.38. The number of nitrogens with two attached hydrogens (primary N) is 1. The van der Waals surface area contributed by atoms with Crippen molar-refractivity contribution in [3.63, 3.8) is 0 Å². The maximum Gasteiger partial charge on any atom is 0.212 e. The van der Waals surface area contributed by atoms with Gasteiger partial charge in [-0.15, -0.1) is 0 Å². The van der Waals surface area contributed by atoms with E-state index in [0.29, 0.717) is 12.0 Å². The van der Waals surface area contributed by atoms with Gasteiger partial charge in [-0.3, -0.25) is 5.41 Å². The second-order valence-electron chi connectivity index (χ2n) is 3.38. The summed E-state index contributed by atoms with van der Waals surface area (Å²) in [6.45, 7) is 0. The SMILES string of the molecule is N=C(N)N1N=CC[C@@]1(O)c1ccccc1. The molecule has 0 saturated carbocycles. The zero-order chi connectivity index (χ0) is 10.9. The normalized spacial score (nSPS) is 24.5. The van der Waals surface area contributed by atoms with Crippen LogP contribution in [0.25, 0.3) is 0 Å². The highest BCUT2D eigenvalue weighted by Gasteiger charge is 2.40. The Bertz CT molecular complexity index is 403. The van der Waals surface area contributed by atoms with Gasteiger partial charge in [0.05, 0.1) is 0 Å². The number of aliphatic hydroxyl groups is 1. The fourth-order valence-electron chi connectivity index (χ4n) is 1.64. The lowest BCUT2D eigenvalue weighted by molar-refractivity contribution is -0.0581. The maximum atomic E-state index is 10.4. The second kappa shape index (κ2) is 3.36. The smallest absolute Gasteiger partial charge is 0.212 e. The number of nitrogens with one attached hydrogen (secondary N) is 1. The van der Waals surface area contributed by atoms with Crippen LogP contribution in [0.3, 0.4) is 0 Å². The average Bonchev–Trinajstić information content (AvgIpc) is 2.63. The predicted molar refractivity (Wildman–Crippen MR) is 57.2 cm³/mol. The predicted octanol–water partition coefficient (Wildman–Crippen LogP) is 0.417. The molecular weight excluding hydrogens is 192 g/mol. The lowest BCUT2D eigenvalue weighted by Gasteiger charge is -2.31. The van der Waals surface area contributed by atoms with Crippen LogP contribution < -0.4 is 5.73 Å². The molecular formula is C10H12N4O. The minimum Gasteiger partial charge on any atom is -0.368 e. The van der Waals surface area contributed by atoms with Gasteiger partial charge in [0.15, 0.2) is 5.72 Å². The van der Waals surface area contributed by atoms with Crippen molar-refractivity contribution < 1.29 is 5.11 Å². The van der Waals surface area contributed by atoms with Crippen LogP contribution in [0.15, 0.2) is 35.4 Å². The van der Waals surface area contributed by atoms with E-state index < -0.39 is 5.72 Å². The Kier molecular flexibility index (Phi) is 2.17. The van der Waals surface area contributed by atoms with E-state index in [1.165, 1.54) is 0 Å². The van der Waals surface area contributed by atoms with Crippen molar-refractivity contribution in [1.82, 2.24) is 5.01 Å². The van der Waals surface area contributed by atoms with E-state index in [-0.39, 0.29) is 5.96 Å². The number of hydrogen-bond donors (Lipinski definition) is 3. The van der Waals surface area contributed by atoms with Gasteiger partial charge in [-0.2, -0.15) is 10.1 Å². The summed E-state index contributed by atoms with van der Waals surface area (Å²) in [6, 6.07) is 9.07. The van der Waals surface area contributed by atoms with Crippen molar-refractivity contribution in [2.45, 2.75) is 12.1 Å². The van der Waals surface area contributed by atoms with Crippen LogP contribution in [0.4, 0.5) is 0 Å². The van der Waals surface area contributed by atoms with Crippen molar-refractivity contribution in [2.75, 3.05) is 0 Å². The number of benzene rings is 1. The number of hydrazone groups is 1. The maximum absolute atomic E-state index is 10.4. The Morgan fingerprint density at radius 2 is 2.13 bits per heavy atom. The van der Waals surface area contributed by atoms with Crippen LogP contribution in [-0.2, 0) is 5.72 Å². The molecule has 0 bridgehead atoms. The summed E-state index contributed by atoms with van der Waals surface area (Å²) in [6.07, 6.45) is 1.88. The Morgan fingerprint density at radius 3 is 2.73 bits per heavy atom. The number of guanidine groups is 1. The third kappa shape index (κ3) is 1.46. The molecule has 0 aromatic heterocycles. The molecule has 0 spiro atoms. The van der Waals surface area contributed by atoms with Crippen LogP contribution in [0, 0.1) is 5.41 Å². The Morgan fingerprint density at radius 1 is 1.47 bits per heavy atom. The summed E-state index contributed by atoms with van der Waals surface area (Å²) in [5, 5.41) is 22.7. The van der Waals surface area contributed by atoms with E-state index in [9.17, 15) is 5.11 Å². The molecule has 1 atom stereocenters. The van der Waals surface area contributed by atoms with Gasteiger partial charge < -0.3 is 10.8 Å². The molecule has 0 unspecified atom stereocenters. The van der Waals surface area contributed by atoms with Gasteiger partial charge in [-0.25, -0.2) is 0 Å². The van der Waals surface area contributed by atoms with Crippen molar-refractivity contribution >= 4 is 12.2 Å². The lowest BCUT2D eigenvalue weighted by atomic mass is 10.0. The highest BCUT2D eigenvalue weighted by molar-refractivity contribution is 5.79. The van der Waals surface area contributed by atoms with E-state index in [0.717, 1.165) is 5.01 Å². The largest absolute Gasteiger partial charge is 0.368 e. The molecule has 0 saturated heterocycles. The molecule has 1 aromatic carbocycles. The molecule has 78 valence electrons. The van der Waals surface area contributed by atoms with Gasteiger partial charge in [0.1, 0.15) is 0 Å². The first kappa shape index (κ1) is 9.67. The summed E-state index contributed by atoms with van der Waals surface area (Å²) in [7, 11) is 0. The molecule has 1 heterocycles. The lowest BCUT2D eigenvalue weighted by Crippen LogP contribution is -2.46. The topological polar surface area (TPSA) is 85.7 Å². The molecule has 4 N–H and O–H groups in total. The van der Waals surface area contributed by atoms with Gasteiger partial charge >= 0.3 is 0 Å². The molecule has 2 rings (SSSR count). The summed E-state index contributed by atoms with van der Waals surface area (Å²) in [4.78, 5) is 0. The Labute approximate surface area is 87.3 Å².